The van der Waals surface area contributed by atoms with Gasteiger partial charge in [0.15, 0.2) is 0 Å². The van der Waals surface area contributed by atoms with Gasteiger partial charge >= 0.3 is 6.03 Å². The fourth-order valence-electron chi connectivity index (χ4n) is 2.71. The van der Waals surface area contributed by atoms with Gasteiger partial charge in [0, 0.05) is 43.2 Å². The van der Waals surface area contributed by atoms with Gasteiger partial charge in [-0.25, -0.2) is 4.79 Å². The largest absolute Gasteiger partial charge is 0.393 e. The van der Waals surface area contributed by atoms with Crippen LogP contribution >= 0.6 is 11.6 Å². The van der Waals surface area contributed by atoms with Crippen molar-refractivity contribution in [3.05, 3.63) is 34.9 Å². The molecular weight excluding hydrogens is 304 g/mol. The Balaban J connectivity index is 1.89. The van der Waals surface area contributed by atoms with E-state index in [0.717, 1.165) is 12.0 Å². The Morgan fingerprint density at radius 2 is 2.27 bits per heavy atom. The number of ether oxygens (including phenoxy) is 1. The van der Waals surface area contributed by atoms with Gasteiger partial charge in [-0.05, 0) is 19.4 Å². The van der Waals surface area contributed by atoms with Crippen molar-refractivity contribution in [3.63, 3.8) is 0 Å². The lowest BCUT2D eigenvalue weighted by molar-refractivity contribution is 0.101. The predicted octanol–water partition coefficient (Wildman–Crippen LogP) is 2.44. The molecule has 1 aromatic rings. The normalized spacial score (nSPS) is 20.7. The van der Waals surface area contributed by atoms with Crippen LogP contribution in [0.4, 0.5) is 4.79 Å². The smallest absolute Gasteiger partial charge is 0.317 e. The van der Waals surface area contributed by atoms with Crippen molar-refractivity contribution in [1.29, 1.82) is 0 Å². The highest BCUT2D eigenvalue weighted by Crippen LogP contribution is 2.25. The van der Waals surface area contributed by atoms with Crippen LogP contribution < -0.4 is 5.32 Å². The number of aliphatic hydroxyl groups excluding tert-OH is 1. The van der Waals surface area contributed by atoms with E-state index in [1.165, 1.54) is 0 Å². The van der Waals surface area contributed by atoms with Gasteiger partial charge in [0.05, 0.1) is 6.10 Å². The number of hydrogen-bond donors (Lipinski definition) is 2. The van der Waals surface area contributed by atoms with Gasteiger partial charge in [-0.3, -0.25) is 0 Å². The van der Waals surface area contributed by atoms with Crippen LogP contribution in [-0.4, -0.2) is 48.9 Å². The first-order valence-corrected chi connectivity index (χ1v) is 7.88. The van der Waals surface area contributed by atoms with E-state index in [-0.39, 0.29) is 24.2 Å². The molecule has 5 nitrogen and oxygen atoms in total. The van der Waals surface area contributed by atoms with Gasteiger partial charge in [-0.1, -0.05) is 29.8 Å². The van der Waals surface area contributed by atoms with Crippen LogP contribution in [0.3, 0.4) is 0 Å². The highest BCUT2D eigenvalue weighted by atomic mass is 35.5. The summed E-state index contributed by atoms with van der Waals surface area (Å²) in [6.45, 7) is 3.39. The zero-order valence-electron chi connectivity index (χ0n) is 13.0. The molecule has 2 N–H and O–H groups in total. The Morgan fingerprint density at radius 1 is 1.55 bits per heavy atom. The second-order valence-electron chi connectivity index (χ2n) is 5.67. The average Bonchev–Trinajstić information content (AvgIpc) is 2.99. The van der Waals surface area contributed by atoms with E-state index in [9.17, 15) is 9.90 Å². The number of hydrogen-bond acceptors (Lipinski definition) is 3. The number of carbonyl (C=O) groups excluding carboxylic acids is 1. The van der Waals surface area contributed by atoms with Crippen molar-refractivity contribution in [2.45, 2.75) is 25.6 Å². The zero-order chi connectivity index (χ0) is 16.1. The summed E-state index contributed by atoms with van der Waals surface area (Å²) in [4.78, 5) is 13.9. The highest BCUT2D eigenvalue weighted by Gasteiger charge is 2.29. The molecule has 6 heteroatoms. The lowest BCUT2D eigenvalue weighted by Crippen LogP contribution is -2.41. The van der Waals surface area contributed by atoms with Gasteiger partial charge in [0.2, 0.25) is 0 Å². The van der Waals surface area contributed by atoms with E-state index in [0.29, 0.717) is 24.7 Å². The minimum Gasteiger partial charge on any atom is -0.393 e. The minimum absolute atomic E-state index is 0.128. The van der Waals surface area contributed by atoms with E-state index in [4.69, 9.17) is 16.3 Å². The second-order valence-corrected chi connectivity index (χ2v) is 6.07. The van der Waals surface area contributed by atoms with Crippen molar-refractivity contribution in [2.75, 3.05) is 26.7 Å². The number of nitrogens with zero attached hydrogens (tertiary/aromatic N) is 1. The summed E-state index contributed by atoms with van der Waals surface area (Å²) in [5, 5.41) is 13.1. The third-order valence-corrected chi connectivity index (χ3v) is 4.51. The van der Waals surface area contributed by atoms with Gasteiger partial charge < -0.3 is 20.1 Å². The highest BCUT2D eigenvalue weighted by molar-refractivity contribution is 6.31. The summed E-state index contributed by atoms with van der Waals surface area (Å²) >= 11 is 6.16. The Labute approximate surface area is 136 Å². The first-order valence-electron chi connectivity index (χ1n) is 7.51. The number of amides is 2. The Kier molecular flexibility index (Phi) is 6.06. The van der Waals surface area contributed by atoms with Crippen molar-refractivity contribution in [1.82, 2.24) is 10.2 Å². The van der Waals surface area contributed by atoms with Crippen LogP contribution in [0.5, 0.6) is 0 Å². The third-order valence-electron chi connectivity index (χ3n) is 4.17. The predicted molar refractivity (Wildman–Crippen MR) is 86.0 cm³/mol. The third kappa shape index (κ3) is 4.12. The maximum absolute atomic E-state index is 12.2. The van der Waals surface area contributed by atoms with E-state index >= 15 is 0 Å². The fraction of sp³-hybridized carbons (Fsp3) is 0.562. The fourth-order valence-corrected chi connectivity index (χ4v) is 2.97. The molecule has 2 amide bonds. The van der Waals surface area contributed by atoms with Gasteiger partial charge in [0.1, 0.15) is 6.10 Å². The van der Waals surface area contributed by atoms with Gasteiger partial charge in [-0.15, -0.1) is 0 Å². The SMILES string of the molecule is COC(CNC(=O)N1CCC(C(C)O)C1)c1ccccc1Cl. The number of carbonyl (C=O) groups is 1. The Morgan fingerprint density at radius 3 is 2.86 bits per heavy atom. The van der Waals surface area contributed by atoms with E-state index in [1.807, 2.05) is 18.2 Å². The molecule has 122 valence electrons. The molecule has 22 heavy (non-hydrogen) atoms. The number of likely N-dealkylation sites (tertiary alicyclic amines) is 1. The van der Waals surface area contributed by atoms with Crippen molar-refractivity contribution in [2.24, 2.45) is 5.92 Å². The van der Waals surface area contributed by atoms with Crippen molar-refractivity contribution >= 4 is 17.6 Å². The molecule has 2 rings (SSSR count). The van der Waals surface area contributed by atoms with E-state index in [2.05, 4.69) is 5.32 Å². The summed E-state index contributed by atoms with van der Waals surface area (Å²) in [6.07, 6.45) is 0.170. The summed E-state index contributed by atoms with van der Waals surface area (Å²) < 4.78 is 5.43. The number of aliphatic hydroxyl groups is 1. The summed E-state index contributed by atoms with van der Waals surface area (Å²) in [6, 6.07) is 7.32. The molecule has 0 bridgehead atoms. The van der Waals surface area contributed by atoms with E-state index < -0.39 is 0 Å². The standard InChI is InChI=1S/C16H23ClN2O3/c1-11(20)12-7-8-19(10-12)16(21)18-9-15(22-2)13-5-3-4-6-14(13)17/h3-6,11-12,15,20H,7-10H2,1-2H3,(H,18,21). The summed E-state index contributed by atoms with van der Waals surface area (Å²) in [5.74, 6) is 0.160. The molecule has 1 fully saturated rings. The minimum atomic E-state index is -0.382. The maximum Gasteiger partial charge on any atom is 0.317 e. The average molecular weight is 327 g/mol. The number of nitrogens with one attached hydrogen (secondary N) is 1. The summed E-state index contributed by atoms with van der Waals surface area (Å²) in [5.41, 5.74) is 0.857. The second kappa shape index (κ2) is 7.81. The van der Waals surface area contributed by atoms with Crippen molar-refractivity contribution in [3.8, 4) is 0 Å². The molecule has 0 aliphatic carbocycles. The number of halogens is 1. The first kappa shape index (κ1) is 17.1. The van der Waals surface area contributed by atoms with Crippen LogP contribution in [0.2, 0.25) is 5.02 Å². The van der Waals surface area contributed by atoms with Gasteiger partial charge in [-0.2, -0.15) is 0 Å². The molecule has 0 spiro atoms. The van der Waals surface area contributed by atoms with Gasteiger partial charge in [0.25, 0.3) is 0 Å². The van der Waals surface area contributed by atoms with Crippen molar-refractivity contribution < 1.29 is 14.6 Å². The molecule has 1 saturated heterocycles. The molecule has 1 aromatic carbocycles. The monoisotopic (exact) mass is 326 g/mol. The Bertz CT molecular complexity index is 510. The van der Waals surface area contributed by atoms with Crippen LogP contribution in [0.15, 0.2) is 24.3 Å². The van der Waals surface area contributed by atoms with Crippen LogP contribution in [0.25, 0.3) is 0 Å². The molecule has 1 heterocycles. The maximum atomic E-state index is 12.2. The molecule has 3 atom stereocenters. The van der Waals surface area contributed by atoms with Crippen LogP contribution in [0.1, 0.15) is 25.0 Å². The number of benzene rings is 1. The first-order chi connectivity index (χ1) is 10.5. The molecule has 1 aliphatic rings. The summed E-state index contributed by atoms with van der Waals surface area (Å²) in [7, 11) is 1.60. The number of rotatable bonds is 5. The van der Waals surface area contributed by atoms with E-state index in [1.54, 1.807) is 25.0 Å². The zero-order valence-corrected chi connectivity index (χ0v) is 13.7. The lowest BCUT2D eigenvalue weighted by Gasteiger charge is -2.22. The number of methoxy groups -OCH3 is 1. The molecule has 3 unspecified atom stereocenters. The molecule has 0 radical (unpaired) electrons. The van der Waals surface area contributed by atoms with Crippen LogP contribution in [-0.2, 0) is 4.74 Å². The Hall–Kier alpha value is -1.30. The topological polar surface area (TPSA) is 61.8 Å². The molecule has 0 saturated carbocycles. The molecular formula is C16H23ClN2O3. The van der Waals surface area contributed by atoms with Crippen LogP contribution in [0, 0.1) is 5.92 Å². The lowest BCUT2D eigenvalue weighted by atomic mass is 10.0. The molecule has 0 aromatic heterocycles. The number of urea groups is 1. The molecule has 1 aliphatic heterocycles. The quantitative estimate of drug-likeness (QED) is 0.873.